The van der Waals surface area contributed by atoms with Crippen molar-refractivity contribution in [2.75, 3.05) is 12.4 Å². The first-order chi connectivity index (χ1) is 8.84. The van der Waals surface area contributed by atoms with Gasteiger partial charge in [0.05, 0.1) is 12.4 Å². The second kappa shape index (κ2) is 5.16. The smallest absolute Gasteiger partial charge is 0.200 e. The van der Waals surface area contributed by atoms with Gasteiger partial charge in [-0.25, -0.2) is 0 Å². The molecule has 3 rings (SSSR count). The molecule has 1 aliphatic heterocycles. The van der Waals surface area contributed by atoms with Crippen molar-refractivity contribution in [1.29, 1.82) is 0 Å². The van der Waals surface area contributed by atoms with Crippen LogP contribution < -0.4 is 0 Å². The molecule has 1 aliphatic rings. The summed E-state index contributed by atoms with van der Waals surface area (Å²) in [6, 6.07) is 3.74. The summed E-state index contributed by atoms with van der Waals surface area (Å²) < 4.78 is 12.9. The van der Waals surface area contributed by atoms with Crippen LogP contribution in [-0.4, -0.2) is 33.2 Å². The van der Waals surface area contributed by atoms with Crippen LogP contribution >= 0.6 is 11.8 Å². The Labute approximate surface area is 110 Å². The van der Waals surface area contributed by atoms with Crippen molar-refractivity contribution < 1.29 is 9.15 Å². The summed E-state index contributed by atoms with van der Waals surface area (Å²) in [5.74, 6) is 2.44. The molecule has 0 aliphatic carbocycles. The zero-order valence-corrected chi connectivity index (χ0v) is 11.0. The number of nitrogens with zero attached hydrogens (tertiary/aromatic N) is 3. The molecule has 6 heteroatoms. The predicted molar refractivity (Wildman–Crippen MR) is 68.4 cm³/mol. The molecule has 2 aromatic rings. The number of thioether (sulfide) groups is 1. The zero-order chi connectivity index (χ0) is 12.4. The van der Waals surface area contributed by atoms with Gasteiger partial charge in [-0.1, -0.05) is 11.8 Å². The molecule has 5 nitrogen and oxygen atoms in total. The summed E-state index contributed by atoms with van der Waals surface area (Å²) in [6.07, 6.45) is 4.32. The minimum atomic E-state index is 0.360. The highest BCUT2D eigenvalue weighted by Gasteiger charge is 2.18. The standard InChI is InChI=1S/C12H15N3O2S/c1-15-11(10-5-3-7-17-10)13-14-12(15)18-8-9-4-2-6-16-9/h3,5,7,9H,2,4,6,8H2,1H3. The molecular formula is C12H15N3O2S. The van der Waals surface area contributed by atoms with Crippen molar-refractivity contribution in [3.63, 3.8) is 0 Å². The fraction of sp³-hybridized carbons (Fsp3) is 0.500. The lowest BCUT2D eigenvalue weighted by atomic mass is 10.3. The number of ether oxygens (including phenoxy) is 1. The average Bonchev–Trinajstić information content (AvgIpc) is 3.08. The van der Waals surface area contributed by atoms with Crippen molar-refractivity contribution in [3.8, 4) is 11.6 Å². The fourth-order valence-corrected chi connectivity index (χ4v) is 2.98. The van der Waals surface area contributed by atoms with Crippen molar-refractivity contribution in [1.82, 2.24) is 14.8 Å². The predicted octanol–water partition coefficient (Wildman–Crippen LogP) is 2.35. The number of hydrogen-bond acceptors (Lipinski definition) is 5. The maximum absolute atomic E-state index is 5.60. The first-order valence-corrected chi connectivity index (χ1v) is 7.01. The maximum atomic E-state index is 5.60. The van der Waals surface area contributed by atoms with Crippen molar-refractivity contribution in [2.45, 2.75) is 24.1 Å². The van der Waals surface area contributed by atoms with Crippen LogP contribution in [0.1, 0.15) is 12.8 Å². The first-order valence-electron chi connectivity index (χ1n) is 6.02. The van der Waals surface area contributed by atoms with Crippen LogP contribution in [0.15, 0.2) is 28.0 Å². The normalized spacial score (nSPS) is 19.5. The quantitative estimate of drug-likeness (QED) is 0.794. The Morgan fingerprint density at radius 2 is 2.44 bits per heavy atom. The molecule has 1 unspecified atom stereocenters. The Morgan fingerprint density at radius 1 is 1.50 bits per heavy atom. The summed E-state index contributed by atoms with van der Waals surface area (Å²) in [6.45, 7) is 0.891. The van der Waals surface area contributed by atoms with Gasteiger partial charge in [-0.3, -0.25) is 0 Å². The van der Waals surface area contributed by atoms with Gasteiger partial charge in [0.1, 0.15) is 0 Å². The molecule has 3 heterocycles. The van der Waals surface area contributed by atoms with E-state index in [4.69, 9.17) is 9.15 Å². The third kappa shape index (κ3) is 2.30. The summed E-state index contributed by atoms with van der Waals surface area (Å²) >= 11 is 1.69. The van der Waals surface area contributed by atoms with E-state index in [0.29, 0.717) is 6.10 Å². The first kappa shape index (κ1) is 11.8. The molecule has 0 saturated carbocycles. The van der Waals surface area contributed by atoms with Crippen LogP contribution in [0.5, 0.6) is 0 Å². The molecule has 0 bridgehead atoms. The van der Waals surface area contributed by atoms with Crippen molar-refractivity contribution in [2.24, 2.45) is 7.05 Å². The second-order valence-electron chi connectivity index (χ2n) is 4.29. The van der Waals surface area contributed by atoms with E-state index in [-0.39, 0.29) is 0 Å². The van der Waals surface area contributed by atoms with Gasteiger partial charge in [0.2, 0.25) is 0 Å². The van der Waals surface area contributed by atoms with E-state index in [0.717, 1.165) is 35.5 Å². The van der Waals surface area contributed by atoms with Crippen LogP contribution in [0, 0.1) is 0 Å². The van der Waals surface area contributed by atoms with E-state index in [1.165, 1.54) is 6.42 Å². The summed E-state index contributed by atoms with van der Waals surface area (Å²) in [5.41, 5.74) is 0. The molecule has 96 valence electrons. The highest BCUT2D eigenvalue weighted by Crippen LogP contribution is 2.25. The van der Waals surface area contributed by atoms with Gasteiger partial charge in [-0.2, -0.15) is 0 Å². The summed E-state index contributed by atoms with van der Waals surface area (Å²) in [5, 5.41) is 9.25. The van der Waals surface area contributed by atoms with Gasteiger partial charge in [0, 0.05) is 19.4 Å². The Balaban J connectivity index is 1.69. The third-order valence-corrected chi connectivity index (χ3v) is 4.15. The second-order valence-corrected chi connectivity index (χ2v) is 5.28. The molecule has 0 spiro atoms. The molecule has 1 atom stereocenters. The van der Waals surface area contributed by atoms with Gasteiger partial charge in [-0.15, -0.1) is 10.2 Å². The third-order valence-electron chi connectivity index (χ3n) is 3.00. The number of hydrogen-bond donors (Lipinski definition) is 0. The van der Waals surface area contributed by atoms with Crippen LogP contribution in [0.4, 0.5) is 0 Å². The lowest BCUT2D eigenvalue weighted by molar-refractivity contribution is 0.129. The Bertz CT molecular complexity index is 503. The average molecular weight is 265 g/mol. The molecule has 0 amide bonds. The largest absolute Gasteiger partial charge is 0.461 e. The molecule has 0 aromatic carbocycles. The van der Waals surface area contributed by atoms with E-state index < -0.39 is 0 Å². The maximum Gasteiger partial charge on any atom is 0.200 e. The Morgan fingerprint density at radius 3 is 3.17 bits per heavy atom. The number of rotatable bonds is 4. The van der Waals surface area contributed by atoms with E-state index in [1.807, 2.05) is 23.7 Å². The van der Waals surface area contributed by atoms with Crippen molar-refractivity contribution >= 4 is 11.8 Å². The van der Waals surface area contributed by atoms with Crippen LogP contribution in [0.25, 0.3) is 11.6 Å². The molecule has 0 N–H and O–H groups in total. The van der Waals surface area contributed by atoms with Gasteiger partial charge >= 0.3 is 0 Å². The lowest BCUT2D eigenvalue weighted by Gasteiger charge is -2.07. The van der Waals surface area contributed by atoms with E-state index in [9.17, 15) is 0 Å². The summed E-state index contributed by atoms with van der Waals surface area (Å²) in [4.78, 5) is 0. The Kier molecular flexibility index (Phi) is 3.38. The SMILES string of the molecule is Cn1c(SCC2CCCO2)nnc1-c1ccco1. The minimum absolute atomic E-state index is 0.360. The monoisotopic (exact) mass is 265 g/mol. The molecule has 2 aromatic heterocycles. The van der Waals surface area contributed by atoms with E-state index in [1.54, 1.807) is 18.0 Å². The molecule has 1 fully saturated rings. The van der Waals surface area contributed by atoms with E-state index >= 15 is 0 Å². The zero-order valence-electron chi connectivity index (χ0n) is 10.2. The molecular weight excluding hydrogens is 250 g/mol. The fourth-order valence-electron chi connectivity index (χ4n) is 2.00. The highest BCUT2D eigenvalue weighted by atomic mass is 32.2. The minimum Gasteiger partial charge on any atom is -0.461 e. The molecule has 18 heavy (non-hydrogen) atoms. The topological polar surface area (TPSA) is 53.1 Å². The number of furan rings is 1. The highest BCUT2D eigenvalue weighted by molar-refractivity contribution is 7.99. The van der Waals surface area contributed by atoms with Crippen LogP contribution in [0.3, 0.4) is 0 Å². The van der Waals surface area contributed by atoms with Crippen LogP contribution in [-0.2, 0) is 11.8 Å². The van der Waals surface area contributed by atoms with Crippen molar-refractivity contribution in [3.05, 3.63) is 18.4 Å². The van der Waals surface area contributed by atoms with E-state index in [2.05, 4.69) is 10.2 Å². The van der Waals surface area contributed by atoms with Gasteiger partial charge < -0.3 is 13.7 Å². The number of aromatic nitrogens is 3. The lowest BCUT2D eigenvalue weighted by Crippen LogP contribution is -2.08. The van der Waals surface area contributed by atoms with Gasteiger partial charge in [0.25, 0.3) is 0 Å². The van der Waals surface area contributed by atoms with Crippen LogP contribution in [0.2, 0.25) is 0 Å². The summed E-state index contributed by atoms with van der Waals surface area (Å²) in [7, 11) is 1.95. The Hall–Kier alpha value is -1.27. The van der Waals surface area contributed by atoms with Gasteiger partial charge in [-0.05, 0) is 25.0 Å². The molecule has 1 saturated heterocycles. The molecule has 0 radical (unpaired) electrons. The van der Waals surface area contributed by atoms with Gasteiger partial charge in [0.15, 0.2) is 16.7 Å².